The summed E-state index contributed by atoms with van der Waals surface area (Å²) in [6, 6.07) is 15.3. The molecular weight excluding hydrogens is 412 g/mol. The van der Waals surface area contributed by atoms with Crippen molar-refractivity contribution >= 4 is 22.8 Å². The molecule has 1 saturated heterocycles. The monoisotopic (exact) mass is 446 g/mol. The summed E-state index contributed by atoms with van der Waals surface area (Å²) in [5.41, 5.74) is 5.59. The lowest BCUT2D eigenvalue weighted by atomic mass is 9.92. The van der Waals surface area contributed by atoms with E-state index < -0.39 is 0 Å². The first-order valence-electron chi connectivity index (χ1n) is 12.2. The van der Waals surface area contributed by atoms with E-state index in [1.165, 1.54) is 31.0 Å². The van der Waals surface area contributed by atoms with Crippen LogP contribution < -0.4 is 10.2 Å². The van der Waals surface area contributed by atoms with Gasteiger partial charge in [-0.2, -0.15) is 0 Å². The number of aryl methyl sites for hydroxylation is 1. The van der Waals surface area contributed by atoms with Gasteiger partial charge in [-0.1, -0.05) is 30.3 Å². The Morgan fingerprint density at radius 2 is 2.03 bits per heavy atom. The van der Waals surface area contributed by atoms with Gasteiger partial charge in [0.25, 0.3) is 0 Å². The van der Waals surface area contributed by atoms with E-state index in [-0.39, 0.29) is 12.1 Å². The number of rotatable bonds is 4. The van der Waals surface area contributed by atoms with Gasteiger partial charge in [0.2, 0.25) is 0 Å². The second kappa shape index (κ2) is 9.18. The highest BCUT2D eigenvalue weighted by molar-refractivity contribution is 5.95. The van der Waals surface area contributed by atoms with Crippen molar-refractivity contribution in [1.82, 2.24) is 14.9 Å². The van der Waals surface area contributed by atoms with Gasteiger partial charge in [-0.3, -0.25) is 4.90 Å². The summed E-state index contributed by atoms with van der Waals surface area (Å²) in [5.74, 6) is 1.68. The molecule has 2 aromatic carbocycles. The largest absolute Gasteiger partial charge is 0.452 e. The zero-order valence-corrected chi connectivity index (χ0v) is 19.9. The number of aromatic nitrogens is 2. The lowest BCUT2D eigenvalue weighted by Gasteiger charge is -2.34. The van der Waals surface area contributed by atoms with Gasteiger partial charge in [0.15, 0.2) is 0 Å². The number of nitrogens with zero attached hydrogens (tertiary/aromatic N) is 3. The minimum Gasteiger partial charge on any atom is -0.452 e. The van der Waals surface area contributed by atoms with Crippen LogP contribution >= 0.6 is 0 Å². The number of hydrogen-bond acceptors (Lipinski definition) is 4. The van der Waals surface area contributed by atoms with Gasteiger partial charge in [0.1, 0.15) is 5.82 Å². The molecule has 174 valence electrons. The van der Waals surface area contributed by atoms with Gasteiger partial charge in [-0.25, -0.2) is 9.78 Å². The number of anilines is 1. The summed E-state index contributed by atoms with van der Waals surface area (Å²) in [5, 5.41) is 3.58. The number of carbonyl (C=O) groups is 1. The molecule has 3 aromatic rings. The van der Waals surface area contributed by atoms with Gasteiger partial charge < -0.3 is 14.6 Å². The van der Waals surface area contributed by atoms with Crippen molar-refractivity contribution in [3.8, 4) is 0 Å². The Balaban J connectivity index is 1.65. The van der Waals surface area contributed by atoms with Gasteiger partial charge in [0.05, 0.1) is 23.8 Å². The number of amides is 1. The van der Waals surface area contributed by atoms with Crippen LogP contribution in [0, 0.1) is 5.92 Å². The van der Waals surface area contributed by atoms with Crippen LogP contribution in [0.4, 0.5) is 10.5 Å². The van der Waals surface area contributed by atoms with Gasteiger partial charge in [0, 0.05) is 24.1 Å². The Morgan fingerprint density at radius 1 is 1.21 bits per heavy atom. The molecule has 3 atom stereocenters. The van der Waals surface area contributed by atoms with Crippen molar-refractivity contribution in [1.29, 1.82) is 0 Å². The summed E-state index contributed by atoms with van der Waals surface area (Å²) in [7, 11) is 1.45. The van der Waals surface area contributed by atoms with Crippen LogP contribution in [0.2, 0.25) is 0 Å². The Hall–Kier alpha value is -2.86. The van der Waals surface area contributed by atoms with Crippen LogP contribution in [0.15, 0.2) is 42.5 Å². The second-order valence-electron chi connectivity index (χ2n) is 9.57. The highest BCUT2D eigenvalue weighted by Crippen LogP contribution is 2.39. The average Bonchev–Trinajstić information content (AvgIpc) is 3.22. The molecule has 2 aliphatic rings. The molecule has 0 unspecified atom stereocenters. The highest BCUT2D eigenvalue weighted by atomic mass is 16.5. The fourth-order valence-electron chi connectivity index (χ4n) is 5.68. The van der Waals surface area contributed by atoms with Crippen molar-refractivity contribution in [3.63, 3.8) is 0 Å². The zero-order chi connectivity index (χ0) is 22.9. The fourth-order valence-corrected chi connectivity index (χ4v) is 5.68. The summed E-state index contributed by atoms with van der Waals surface area (Å²) < 4.78 is 7.58. The van der Waals surface area contributed by atoms with Gasteiger partial charge in [-0.05, 0) is 76.2 Å². The predicted molar refractivity (Wildman–Crippen MR) is 132 cm³/mol. The lowest BCUT2D eigenvalue weighted by molar-refractivity contribution is 0.175. The van der Waals surface area contributed by atoms with Crippen LogP contribution in [0.5, 0.6) is 0 Å². The first-order chi connectivity index (χ1) is 16.1. The molecule has 6 heteroatoms. The number of carbonyl (C=O) groups excluding carboxylic acids is 1. The predicted octanol–water partition coefficient (Wildman–Crippen LogP) is 5.10. The number of fused-ring (bicyclic) bond motifs is 3. The third-order valence-corrected chi connectivity index (χ3v) is 7.53. The average molecular weight is 447 g/mol. The summed E-state index contributed by atoms with van der Waals surface area (Å²) >= 11 is 0. The number of piperidine rings is 1. The van der Waals surface area contributed by atoms with Crippen LogP contribution in [0.3, 0.4) is 0 Å². The van der Waals surface area contributed by atoms with Crippen molar-refractivity contribution < 1.29 is 9.53 Å². The SMILES string of the molecule is COC(=O)N1c2ccc3c(nc(Cc4ccccc4)n3[C@@H](C)[C@H]3CCCNC3)c2CC[C@@H]1C. The lowest BCUT2D eigenvalue weighted by Crippen LogP contribution is -2.42. The summed E-state index contributed by atoms with van der Waals surface area (Å²) in [4.78, 5) is 19.6. The Kier molecular flexibility index (Phi) is 6.11. The number of benzene rings is 2. The Labute approximate surface area is 195 Å². The Morgan fingerprint density at radius 3 is 2.76 bits per heavy atom. The standard InChI is InChI=1S/C27H34N4O2/c1-18-11-12-22-23(30(18)27(32)33-3)13-14-24-26(22)29-25(16-20-8-5-4-6-9-20)31(24)19(2)21-10-7-15-28-17-21/h4-6,8-9,13-14,18-19,21,28H,7,10-12,15-17H2,1-3H3/t18-,19-,21-/m0/s1. The molecule has 33 heavy (non-hydrogen) atoms. The fraction of sp³-hybridized carbons (Fsp3) is 0.481. The highest BCUT2D eigenvalue weighted by Gasteiger charge is 2.32. The van der Waals surface area contributed by atoms with Crippen molar-refractivity contribution in [2.75, 3.05) is 25.1 Å². The maximum Gasteiger partial charge on any atom is 0.414 e. The van der Waals surface area contributed by atoms with E-state index in [0.717, 1.165) is 54.9 Å². The zero-order valence-electron chi connectivity index (χ0n) is 19.9. The van der Waals surface area contributed by atoms with Gasteiger partial charge >= 0.3 is 6.09 Å². The van der Waals surface area contributed by atoms with Crippen LogP contribution in [-0.2, 0) is 17.6 Å². The van der Waals surface area contributed by atoms with E-state index in [1.54, 1.807) is 4.90 Å². The van der Waals surface area contributed by atoms with Crippen molar-refractivity contribution in [2.45, 2.75) is 58.0 Å². The van der Waals surface area contributed by atoms with Gasteiger partial charge in [-0.15, -0.1) is 0 Å². The molecular formula is C27H34N4O2. The van der Waals surface area contributed by atoms with E-state index in [4.69, 9.17) is 9.72 Å². The first-order valence-corrected chi connectivity index (χ1v) is 12.2. The molecule has 1 aromatic heterocycles. The molecule has 6 nitrogen and oxygen atoms in total. The quantitative estimate of drug-likeness (QED) is 0.606. The van der Waals surface area contributed by atoms with E-state index >= 15 is 0 Å². The minimum atomic E-state index is -0.298. The topological polar surface area (TPSA) is 59.4 Å². The molecule has 3 heterocycles. The molecule has 1 N–H and O–H groups in total. The van der Waals surface area contributed by atoms with E-state index in [0.29, 0.717) is 12.0 Å². The second-order valence-corrected chi connectivity index (χ2v) is 9.57. The third kappa shape index (κ3) is 4.01. The van der Waals surface area contributed by atoms with Crippen molar-refractivity contribution in [2.24, 2.45) is 5.92 Å². The molecule has 0 aliphatic carbocycles. The molecule has 1 amide bonds. The van der Waals surface area contributed by atoms with E-state index in [2.05, 4.69) is 66.2 Å². The van der Waals surface area contributed by atoms with Crippen molar-refractivity contribution in [3.05, 3.63) is 59.4 Å². The van der Waals surface area contributed by atoms with Crippen LogP contribution in [-0.4, -0.2) is 41.9 Å². The molecule has 0 saturated carbocycles. The van der Waals surface area contributed by atoms with E-state index in [1.807, 2.05) is 0 Å². The normalized spacial score (nSPS) is 21.6. The molecule has 1 fully saturated rings. The molecule has 0 spiro atoms. The summed E-state index contributed by atoms with van der Waals surface area (Å²) in [6.07, 6.45) is 4.78. The molecule has 2 aliphatic heterocycles. The molecule has 0 radical (unpaired) electrons. The molecule has 0 bridgehead atoms. The minimum absolute atomic E-state index is 0.112. The molecule has 5 rings (SSSR count). The Bertz CT molecular complexity index is 1130. The smallest absolute Gasteiger partial charge is 0.414 e. The number of nitrogens with one attached hydrogen (secondary N) is 1. The maximum atomic E-state index is 12.6. The van der Waals surface area contributed by atoms with Crippen LogP contribution in [0.25, 0.3) is 11.0 Å². The first kappa shape index (κ1) is 22.0. The summed E-state index contributed by atoms with van der Waals surface area (Å²) in [6.45, 7) is 6.58. The number of methoxy groups -OCH3 is 1. The third-order valence-electron chi connectivity index (χ3n) is 7.53. The van der Waals surface area contributed by atoms with E-state index in [9.17, 15) is 4.79 Å². The number of ether oxygens (including phenoxy) is 1. The number of imidazole rings is 1. The number of hydrogen-bond donors (Lipinski definition) is 1. The maximum absolute atomic E-state index is 12.6. The van der Waals surface area contributed by atoms with Crippen LogP contribution in [0.1, 0.15) is 56.1 Å².